The van der Waals surface area contributed by atoms with Gasteiger partial charge in [0.15, 0.2) is 0 Å². The van der Waals surface area contributed by atoms with E-state index in [0.29, 0.717) is 12.3 Å². The lowest BCUT2D eigenvalue weighted by Crippen LogP contribution is -2.20. The van der Waals surface area contributed by atoms with Crippen molar-refractivity contribution in [2.45, 2.75) is 38.2 Å². The minimum atomic E-state index is -0.323. The van der Waals surface area contributed by atoms with Crippen molar-refractivity contribution >= 4 is 15.9 Å². The summed E-state index contributed by atoms with van der Waals surface area (Å²) in [6, 6.07) is 4.82. The second-order valence-electron chi connectivity index (χ2n) is 4.59. The first-order valence-corrected chi connectivity index (χ1v) is 6.57. The van der Waals surface area contributed by atoms with Gasteiger partial charge in [0.1, 0.15) is 5.82 Å². The third-order valence-corrected chi connectivity index (χ3v) is 3.77. The molecule has 0 heterocycles. The smallest absolute Gasteiger partial charge is 0.124 e. The van der Waals surface area contributed by atoms with Gasteiger partial charge in [-0.25, -0.2) is 4.39 Å². The molecule has 1 atom stereocenters. The van der Waals surface area contributed by atoms with Gasteiger partial charge in [0.25, 0.3) is 0 Å². The van der Waals surface area contributed by atoms with Gasteiger partial charge in [-0.15, -0.1) is 0 Å². The summed E-state index contributed by atoms with van der Waals surface area (Å²) in [6.45, 7) is 0. The quantitative estimate of drug-likeness (QED) is 0.899. The molecule has 3 heteroatoms. The molecule has 88 valence electrons. The molecule has 1 unspecified atom stereocenters. The van der Waals surface area contributed by atoms with Crippen LogP contribution in [0.5, 0.6) is 0 Å². The molecule has 0 saturated heterocycles. The maximum atomic E-state index is 13.1. The van der Waals surface area contributed by atoms with Gasteiger partial charge in [-0.3, -0.25) is 0 Å². The number of benzene rings is 1. The van der Waals surface area contributed by atoms with Crippen LogP contribution in [-0.2, 0) is 6.42 Å². The Morgan fingerprint density at radius 3 is 2.62 bits per heavy atom. The third-order valence-electron chi connectivity index (χ3n) is 3.31. The Bertz CT molecular complexity index is 341. The number of halogens is 2. The highest BCUT2D eigenvalue weighted by molar-refractivity contribution is 9.10. The molecule has 2 rings (SSSR count). The molecule has 0 aromatic heterocycles. The summed E-state index contributed by atoms with van der Waals surface area (Å²) in [5, 5.41) is 10.0. The zero-order valence-electron chi connectivity index (χ0n) is 9.13. The van der Waals surface area contributed by atoms with Crippen LogP contribution in [0.25, 0.3) is 0 Å². The number of aliphatic hydroxyl groups is 1. The lowest BCUT2D eigenvalue weighted by molar-refractivity contribution is 0.111. The van der Waals surface area contributed by atoms with Crippen LogP contribution in [0.3, 0.4) is 0 Å². The molecule has 0 amide bonds. The van der Waals surface area contributed by atoms with Crippen LogP contribution in [0.4, 0.5) is 4.39 Å². The zero-order valence-corrected chi connectivity index (χ0v) is 10.7. The number of hydrogen-bond acceptors (Lipinski definition) is 1. The molecule has 16 heavy (non-hydrogen) atoms. The summed E-state index contributed by atoms with van der Waals surface area (Å²) in [5.41, 5.74) is 0.867. The average molecular weight is 287 g/mol. The molecular formula is C13H16BrFO. The van der Waals surface area contributed by atoms with E-state index in [9.17, 15) is 9.50 Å². The van der Waals surface area contributed by atoms with E-state index in [2.05, 4.69) is 15.9 Å². The van der Waals surface area contributed by atoms with Crippen molar-refractivity contribution in [1.82, 2.24) is 0 Å². The highest BCUT2D eigenvalue weighted by Gasteiger charge is 2.23. The fourth-order valence-corrected chi connectivity index (χ4v) is 2.99. The SMILES string of the molecule is OC(Cc1cc(F)cc(Br)c1)C1CCCC1. The van der Waals surface area contributed by atoms with Crippen molar-refractivity contribution in [2.24, 2.45) is 5.92 Å². The van der Waals surface area contributed by atoms with Crippen LogP contribution in [0, 0.1) is 11.7 Å². The first-order chi connectivity index (χ1) is 7.65. The van der Waals surface area contributed by atoms with Crippen LogP contribution in [0.15, 0.2) is 22.7 Å². The number of aliphatic hydroxyl groups excluding tert-OH is 1. The van der Waals surface area contributed by atoms with Gasteiger partial charge >= 0.3 is 0 Å². The van der Waals surface area contributed by atoms with Crippen LogP contribution in [-0.4, -0.2) is 11.2 Å². The van der Waals surface area contributed by atoms with E-state index in [4.69, 9.17) is 0 Å². The molecule has 1 aliphatic carbocycles. The summed E-state index contributed by atoms with van der Waals surface area (Å²) in [5.74, 6) is 0.157. The van der Waals surface area contributed by atoms with Crippen molar-refractivity contribution in [3.05, 3.63) is 34.1 Å². The number of hydrogen-bond donors (Lipinski definition) is 1. The van der Waals surface area contributed by atoms with Gasteiger partial charge < -0.3 is 5.11 Å². The van der Waals surface area contributed by atoms with Crippen molar-refractivity contribution in [3.63, 3.8) is 0 Å². The van der Waals surface area contributed by atoms with E-state index in [1.54, 1.807) is 0 Å². The first-order valence-electron chi connectivity index (χ1n) is 5.78. The minimum absolute atomic E-state index is 0.247. The molecule has 1 saturated carbocycles. The van der Waals surface area contributed by atoms with Gasteiger partial charge in [-0.1, -0.05) is 28.8 Å². The molecule has 0 bridgehead atoms. The van der Waals surface area contributed by atoms with Crippen molar-refractivity contribution < 1.29 is 9.50 Å². The number of rotatable bonds is 3. The maximum absolute atomic E-state index is 13.1. The predicted molar refractivity (Wildman–Crippen MR) is 65.8 cm³/mol. The lowest BCUT2D eigenvalue weighted by atomic mass is 9.95. The molecule has 1 aromatic carbocycles. The predicted octanol–water partition coefficient (Wildman–Crippen LogP) is 3.68. The topological polar surface area (TPSA) is 20.2 Å². The summed E-state index contributed by atoms with van der Waals surface area (Å²) < 4.78 is 13.9. The summed E-state index contributed by atoms with van der Waals surface area (Å²) in [4.78, 5) is 0. The fraction of sp³-hybridized carbons (Fsp3) is 0.538. The molecule has 1 nitrogen and oxygen atoms in total. The average Bonchev–Trinajstić information content (AvgIpc) is 2.68. The summed E-state index contributed by atoms with van der Waals surface area (Å²) in [7, 11) is 0. The molecule has 0 spiro atoms. The Kier molecular flexibility index (Phi) is 3.98. The van der Waals surface area contributed by atoms with Crippen molar-refractivity contribution in [3.8, 4) is 0 Å². The highest BCUT2D eigenvalue weighted by Crippen LogP contribution is 2.29. The molecule has 1 N–H and O–H groups in total. The molecule has 1 aromatic rings. The highest BCUT2D eigenvalue weighted by atomic mass is 79.9. The van der Waals surface area contributed by atoms with Gasteiger partial charge in [0.05, 0.1) is 6.10 Å². The normalized spacial score (nSPS) is 18.9. The second kappa shape index (κ2) is 5.28. The standard InChI is InChI=1S/C13H16BrFO/c14-11-5-9(6-12(15)8-11)7-13(16)10-3-1-2-4-10/h5-6,8,10,13,16H,1-4,7H2. The van der Waals surface area contributed by atoms with Gasteiger partial charge in [-0.2, -0.15) is 0 Å². The second-order valence-corrected chi connectivity index (χ2v) is 5.51. The Labute approximate surface area is 104 Å². The van der Waals surface area contributed by atoms with Gasteiger partial charge in [0.2, 0.25) is 0 Å². The van der Waals surface area contributed by atoms with E-state index in [1.165, 1.54) is 25.0 Å². The van der Waals surface area contributed by atoms with E-state index in [1.807, 2.05) is 6.07 Å². The molecule has 1 aliphatic rings. The molecular weight excluding hydrogens is 271 g/mol. The van der Waals surface area contributed by atoms with Crippen LogP contribution < -0.4 is 0 Å². The van der Waals surface area contributed by atoms with Crippen molar-refractivity contribution in [2.75, 3.05) is 0 Å². The van der Waals surface area contributed by atoms with E-state index in [0.717, 1.165) is 22.9 Å². The van der Waals surface area contributed by atoms with Gasteiger partial charge in [-0.05, 0) is 48.9 Å². The third kappa shape index (κ3) is 3.05. The molecule has 0 radical (unpaired) electrons. The molecule has 1 fully saturated rings. The molecule has 0 aliphatic heterocycles. The van der Waals surface area contributed by atoms with Crippen LogP contribution in [0.1, 0.15) is 31.2 Å². The Balaban J connectivity index is 2.02. The van der Waals surface area contributed by atoms with Gasteiger partial charge in [0, 0.05) is 4.47 Å². The minimum Gasteiger partial charge on any atom is -0.392 e. The van der Waals surface area contributed by atoms with Crippen LogP contribution >= 0.6 is 15.9 Å². The zero-order chi connectivity index (χ0) is 11.5. The largest absolute Gasteiger partial charge is 0.392 e. The Morgan fingerprint density at radius 1 is 1.31 bits per heavy atom. The Hall–Kier alpha value is -0.410. The van der Waals surface area contributed by atoms with Crippen LogP contribution in [0.2, 0.25) is 0 Å². The van der Waals surface area contributed by atoms with E-state index in [-0.39, 0.29) is 11.9 Å². The van der Waals surface area contributed by atoms with E-state index < -0.39 is 0 Å². The first kappa shape index (κ1) is 12.1. The summed E-state index contributed by atoms with van der Waals surface area (Å²) >= 11 is 3.26. The van der Waals surface area contributed by atoms with E-state index >= 15 is 0 Å². The van der Waals surface area contributed by atoms with Crippen molar-refractivity contribution in [1.29, 1.82) is 0 Å². The Morgan fingerprint density at radius 2 is 2.00 bits per heavy atom. The summed E-state index contributed by atoms with van der Waals surface area (Å²) in [6.07, 6.45) is 4.88. The maximum Gasteiger partial charge on any atom is 0.124 e. The monoisotopic (exact) mass is 286 g/mol. The fourth-order valence-electron chi connectivity index (χ4n) is 2.48. The lowest BCUT2D eigenvalue weighted by Gasteiger charge is -2.17.